The molecule has 1 fully saturated rings. The number of nitrogens with one attached hydrogen (secondary N) is 1. The topological polar surface area (TPSA) is 82.3 Å². The number of thiophene rings is 1. The Hall–Kier alpha value is -2.35. The van der Waals surface area contributed by atoms with E-state index in [-0.39, 0.29) is 0 Å². The van der Waals surface area contributed by atoms with Crippen molar-refractivity contribution in [2.24, 2.45) is 0 Å². The number of nitrogens with zero attached hydrogens (tertiary/aromatic N) is 3. The number of anilines is 1. The lowest BCUT2D eigenvalue weighted by Crippen LogP contribution is -2.36. The fraction of sp³-hybridized carbons (Fsp3) is 0.381. The second kappa shape index (κ2) is 7.58. The van der Waals surface area contributed by atoms with Gasteiger partial charge in [0, 0.05) is 41.7 Å². The van der Waals surface area contributed by atoms with E-state index in [1.807, 2.05) is 38.1 Å². The van der Waals surface area contributed by atoms with Gasteiger partial charge in [0.15, 0.2) is 11.6 Å². The molecule has 4 rings (SSSR count). The maximum absolute atomic E-state index is 10.2. The fourth-order valence-electron chi connectivity index (χ4n) is 3.41. The molecule has 0 unspecified atom stereocenters. The highest BCUT2D eigenvalue weighted by Crippen LogP contribution is 2.36. The van der Waals surface area contributed by atoms with Crippen LogP contribution in [0.1, 0.15) is 24.3 Å². The minimum Gasteiger partial charge on any atom is -0.390 e. The summed E-state index contributed by atoms with van der Waals surface area (Å²) < 4.78 is 6.55. The average Bonchev–Trinajstić information content (AvgIpc) is 3.08. The third-order valence-corrected chi connectivity index (χ3v) is 5.80. The van der Waals surface area contributed by atoms with Gasteiger partial charge in [0.25, 0.3) is 0 Å². The van der Waals surface area contributed by atoms with E-state index >= 15 is 0 Å². The summed E-state index contributed by atoms with van der Waals surface area (Å²) >= 11 is 1.65. The van der Waals surface area contributed by atoms with E-state index in [0.717, 1.165) is 45.1 Å². The highest BCUT2D eigenvalue weighted by atomic mass is 32.1. The molecule has 7 heteroatoms. The Morgan fingerprint density at radius 1 is 1.25 bits per heavy atom. The van der Waals surface area contributed by atoms with Gasteiger partial charge in [-0.3, -0.25) is 0 Å². The first kappa shape index (κ1) is 19.0. The third kappa shape index (κ3) is 3.92. The lowest BCUT2D eigenvalue weighted by Gasteiger charge is -2.28. The molecule has 146 valence electrons. The predicted octanol–water partition coefficient (Wildman–Crippen LogP) is 3.51. The first-order valence-corrected chi connectivity index (χ1v) is 10.2. The van der Waals surface area contributed by atoms with Gasteiger partial charge in [0.05, 0.1) is 29.0 Å². The first-order chi connectivity index (χ1) is 13.4. The van der Waals surface area contributed by atoms with Crippen molar-refractivity contribution in [3.05, 3.63) is 40.8 Å². The smallest absolute Gasteiger partial charge is 0.162 e. The summed E-state index contributed by atoms with van der Waals surface area (Å²) in [7, 11) is 0. The minimum absolute atomic E-state index is 0.572. The van der Waals surface area contributed by atoms with Crippen LogP contribution in [0, 0.1) is 5.41 Å². The molecule has 2 N–H and O–H groups in total. The molecule has 2 aromatic heterocycles. The van der Waals surface area contributed by atoms with Crippen molar-refractivity contribution in [2.45, 2.75) is 25.9 Å². The minimum atomic E-state index is -0.775. The molecule has 3 aromatic rings. The first-order valence-electron chi connectivity index (χ1n) is 9.40. The molecule has 28 heavy (non-hydrogen) atoms. The number of hydrogen-bond donors (Lipinski definition) is 2. The molecule has 0 bridgehead atoms. The molecule has 1 aromatic carbocycles. The summed E-state index contributed by atoms with van der Waals surface area (Å²) in [5.74, 6) is 1.54. The zero-order valence-corrected chi connectivity index (χ0v) is 16.9. The second-order valence-electron chi connectivity index (χ2n) is 7.62. The van der Waals surface area contributed by atoms with Gasteiger partial charge < -0.3 is 20.2 Å². The summed E-state index contributed by atoms with van der Waals surface area (Å²) in [6.45, 7) is 6.57. The fourth-order valence-corrected chi connectivity index (χ4v) is 4.75. The maximum Gasteiger partial charge on any atom is 0.162 e. The molecule has 0 amide bonds. The number of morpholine rings is 1. The van der Waals surface area contributed by atoms with E-state index < -0.39 is 5.60 Å². The van der Waals surface area contributed by atoms with Crippen LogP contribution in [-0.4, -0.2) is 53.2 Å². The lowest BCUT2D eigenvalue weighted by molar-refractivity contribution is 0.0819. The zero-order valence-electron chi connectivity index (χ0n) is 16.1. The molecular formula is C21H24N4O2S. The predicted molar refractivity (Wildman–Crippen MR) is 114 cm³/mol. The lowest BCUT2D eigenvalue weighted by atomic mass is 10.0. The van der Waals surface area contributed by atoms with Crippen LogP contribution in [-0.2, 0) is 11.2 Å². The summed E-state index contributed by atoms with van der Waals surface area (Å²) in [5.41, 5.74) is 1.75. The summed E-state index contributed by atoms with van der Waals surface area (Å²) in [5, 5.41) is 17.9. The average molecular weight is 397 g/mol. The zero-order chi connectivity index (χ0) is 19.7. The number of aliphatic hydroxyl groups is 1. The Labute approximate surface area is 168 Å². The van der Waals surface area contributed by atoms with Crippen LogP contribution < -0.4 is 4.90 Å². The summed E-state index contributed by atoms with van der Waals surface area (Å²) in [6.07, 6.45) is 1.91. The molecule has 0 spiro atoms. The van der Waals surface area contributed by atoms with Gasteiger partial charge in [-0.1, -0.05) is 24.3 Å². The molecule has 0 aliphatic carbocycles. The normalized spacial score (nSPS) is 15.2. The molecule has 0 saturated carbocycles. The molecule has 0 atom stereocenters. The second-order valence-corrected chi connectivity index (χ2v) is 8.75. The number of rotatable bonds is 5. The van der Waals surface area contributed by atoms with Gasteiger partial charge in [-0.25, -0.2) is 9.97 Å². The van der Waals surface area contributed by atoms with Gasteiger partial charge in [-0.05, 0) is 19.9 Å². The number of ether oxygens (including phenoxy) is 1. The van der Waals surface area contributed by atoms with Crippen molar-refractivity contribution < 1.29 is 9.84 Å². The van der Waals surface area contributed by atoms with Gasteiger partial charge in [0.1, 0.15) is 0 Å². The van der Waals surface area contributed by atoms with Crippen molar-refractivity contribution in [3.63, 3.8) is 0 Å². The molecule has 3 heterocycles. The van der Waals surface area contributed by atoms with Gasteiger partial charge in [-0.15, -0.1) is 11.3 Å². The highest BCUT2D eigenvalue weighted by molar-refractivity contribution is 7.19. The van der Waals surface area contributed by atoms with Crippen molar-refractivity contribution >= 4 is 33.6 Å². The van der Waals surface area contributed by atoms with E-state index in [4.69, 9.17) is 20.1 Å². The van der Waals surface area contributed by atoms with E-state index in [1.54, 1.807) is 11.3 Å². The standard InChI is InChI=1S/C21H24N4O2S/c1-21(2,26)12-15-11-17-18(28-15)20(25-7-9-27-10-8-25)24-19(23-17)16-6-4-3-5-14(16)13-22/h3-6,11,13,22,26H,7-10,12H2,1-2H3. The van der Waals surface area contributed by atoms with Crippen LogP contribution in [0.3, 0.4) is 0 Å². The van der Waals surface area contributed by atoms with E-state index in [2.05, 4.69) is 11.0 Å². The maximum atomic E-state index is 10.2. The van der Waals surface area contributed by atoms with Crippen molar-refractivity contribution in [1.29, 1.82) is 5.41 Å². The molecule has 1 saturated heterocycles. The SMILES string of the molecule is CC(C)(O)Cc1cc2nc(-c3ccccc3C=N)nc(N3CCOCC3)c2s1. The molecule has 6 nitrogen and oxygen atoms in total. The van der Waals surface area contributed by atoms with E-state index in [9.17, 15) is 5.11 Å². The number of hydrogen-bond acceptors (Lipinski definition) is 7. The summed E-state index contributed by atoms with van der Waals surface area (Å²) in [6, 6.07) is 9.77. The quantitative estimate of drug-likeness (QED) is 0.645. The highest BCUT2D eigenvalue weighted by Gasteiger charge is 2.22. The van der Waals surface area contributed by atoms with Gasteiger partial charge in [0.2, 0.25) is 0 Å². The van der Waals surface area contributed by atoms with Crippen LogP contribution in [0.25, 0.3) is 21.6 Å². The number of fused-ring (bicyclic) bond motifs is 1. The van der Waals surface area contributed by atoms with Crippen LogP contribution >= 0.6 is 11.3 Å². The van der Waals surface area contributed by atoms with E-state index in [0.29, 0.717) is 25.5 Å². The Kier molecular flexibility index (Phi) is 5.14. The van der Waals surface area contributed by atoms with Crippen molar-refractivity contribution in [1.82, 2.24) is 9.97 Å². The monoisotopic (exact) mass is 396 g/mol. The molecular weight excluding hydrogens is 372 g/mol. The number of aromatic nitrogens is 2. The Bertz CT molecular complexity index is 1000. The van der Waals surface area contributed by atoms with Crippen LogP contribution in [0.15, 0.2) is 30.3 Å². The molecule has 0 radical (unpaired) electrons. The Balaban J connectivity index is 1.88. The molecule has 1 aliphatic rings. The van der Waals surface area contributed by atoms with Crippen LogP contribution in [0.4, 0.5) is 5.82 Å². The largest absolute Gasteiger partial charge is 0.390 e. The van der Waals surface area contributed by atoms with E-state index in [1.165, 1.54) is 6.21 Å². The van der Waals surface area contributed by atoms with Gasteiger partial charge >= 0.3 is 0 Å². The Morgan fingerprint density at radius 2 is 2.00 bits per heavy atom. The summed E-state index contributed by atoms with van der Waals surface area (Å²) in [4.78, 5) is 13.1. The number of benzene rings is 1. The van der Waals surface area contributed by atoms with Crippen molar-refractivity contribution in [3.8, 4) is 11.4 Å². The van der Waals surface area contributed by atoms with Crippen LogP contribution in [0.5, 0.6) is 0 Å². The Morgan fingerprint density at radius 3 is 2.71 bits per heavy atom. The van der Waals surface area contributed by atoms with Crippen LogP contribution in [0.2, 0.25) is 0 Å². The van der Waals surface area contributed by atoms with Crippen molar-refractivity contribution in [2.75, 3.05) is 31.2 Å². The molecule has 1 aliphatic heterocycles. The van der Waals surface area contributed by atoms with Gasteiger partial charge in [-0.2, -0.15) is 0 Å². The third-order valence-electron chi connectivity index (χ3n) is 4.68.